The normalized spacial score (nSPS) is 29.3. The Morgan fingerprint density at radius 1 is 1.22 bits per heavy atom. The summed E-state index contributed by atoms with van der Waals surface area (Å²) in [5.41, 5.74) is 6.81. The summed E-state index contributed by atoms with van der Waals surface area (Å²) in [6.45, 7) is 0.0538. The van der Waals surface area contributed by atoms with Gasteiger partial charge in [0.05, 0.1) is 19.0 Å². The van der Waals surface area contributed by atoms with Crippen molar-refractivity contribution in [2.45, 2.75) is 56.8 Å². The molecule has 2 aromatic rings. The maximum Gasteiger partial charge on any atom is 0.167 e. The molecule has 1 saturated heterocycles. The largest absolute Gasteiger partial charge is 0.394 e. The minimum atomic E-state index is -0.469. The molecule has 2 atom stereocenters. The summed E-state index contributed by atoms with van der Waals surface area (Å²) >= 11 is 0. The van der Waals surface area contributed by atoms with E-state index in [-0.39, 0.29) is 12.7 Å². The average Bonchev–Trinajstić information content (AvgIpc) is 3.21. The van der Waals surface area contributed by atoms with Crippen molar-refractivity contribution in [3.05, 3.63) is 12.7 Å². The van der Waals surface area contributed by atoms with Crippen molar-refractivity contribution in [2.24, 2.45) is 5.92 Å². The predicted molar refractivity (Wildman–Crippen MR) is 85.5 cm³/mol. The van der Waals surface area contributed by atoms with Crippen LogP contribution in [0.3, 0.4) is 0 Å². The van der Waals surface area contributed by atoms with Crippen LogP contribution in [0.4, 0.5) is 5.82 Å². The van der Waals surface area contributed by atoms with Gasteiger partial charge in [-0.1, -0.05) is 19.3 Å². The predicted octanol–water partition coefficient (Wildman–Crippen LogP) is 1.81. The van der Waals surface area contributed by atoms with Crippen LogP contribution < -0.4 is 5.73 Å². The third-order valence-corrected chi connectivity index (χ3v) is 5.41. The van der Waals surface area contributed by atoms with E-state index in [0.29, 0.717) is 17.3 Å². The Kier molecular flexibility index (Phi) is 3.69. The Hall–Kier alpha value is -1.73. The summed E-state index contributed by atoms with van der Waals surface area (Å²) in [6.07, 6.45) is 10.9. The molecule has 2 aromatic heterocycles. The fourth-order valence-corrected chi connectivity index (χ4v) is 4.26. The van der Waals surface area contributed by atoms with Gasteiger partial charge in [0.1, 0.15) is 11.8 Å². The first-order valence-corrected chi connectivity index (χ1v) is 8.47. The van der Waals surface area contributed by atoms with Crippen LogP contribution in [-0.2, 0) is 10.5 Å². The van der Waals surface area contributed by atoms with Crippen LogP contribution >= 0.6 is 0 Å². The Morgan fingerprint density at radius 2 is 2.04 bits per heavy atom. The second-order valence-electron chi connectivity index (χ2n) is 6.69. The Balaban J connectivity index is 1.82. The zero-order chi connectivity index (χ0) is 15.9. The van der Waals surface area contributed by atoms with Crippen LogP contribution in [-0.4, -0.2) is 37.3 Å². The van der Waals surface area contributed by atoms with Gasteiger partial charge in [-0.25, -0.2) is 15.0 Å². The number of rotatable bonds is 3. The third-order valence-electron chi connectivity index (χ3n) is 5.41. The maximum absolute atomic E-state index is 9.56. The minimum absolute atomic E-state index is 0.0538. The highest BCUT2D eigenvalue weighted by molar-refractivity contribution is 5.81. The first kappa shape index (κ1) is 14.8. The maximum atomic E-state index is 9.56. The van der Waals surface area contributed by atoms with Crippen molar-refractivity contribution in [2.75, 3.05) is 12.3 Å². The second kappa shape index (κ2) is 5.72. The molecule has 124 valence electrons. The number of aliphatic hydroxyl groups excluding tert-OH is 1. The molecular weight excluding hydrogens is 294 g/mol. The molecular formula is C16H23N5O2. The lowest BCUT2D eigenvalue weighted by Gasteiger charge is -2.40. The van der Waals surface area contributed by atoms with Crippen molar-refractivity contribution >= 4 is 17.0 Å². The molecule has 0 unspecified atom stereocenters. The lowest BCUT2D eigenvalue weighted by molar-refractivity contribution is -0.152. The van der Waals surface area contributed by atoms with E-state index in [1.807, 2.05) is 4.57 Å². The Morgan fingerprint density at radius 3 is 2.78 bits per heavy atom. The van der Waals surface area contributed by atoms with E-state index >= 15 is 0 Å². The number of nitrogens with zero attached hydrogens (tertiary/aromatic N) is 4. The number of nitrogens with two attached hydrogens (primary N) is 1. The van der Waals surface area contributed by atoms with Crippen LogP contribution in [0.15, 0.2) is 12.7 Å². The van der Waals surface area contributed by atoms with E-state index < -0.39 is 5.72 Å². The molecule has 0 amide bonds. The molecule has 7 heteroatoms. The van der Waals surface area contributed by atoms with Gasteiger partial charge in [0.15, 0.2) is 17.2 Å². The van der Waals surface area contributed by atoms with Gasteiger partial charge in [-0.2, -0.15) is 0 Å². The number of hydrogen-bond acceptors (Lipinski definition) is 6. The molecule has 7 nitrogen and oxygen atoms in total. The number of aliphatic hydroxyl groups is 1. The topological polar surface area (TPSA) is 99.1 Å². The van der Waals surface area contributed by atoms with Crippen LogP contribution in [0, 0.1) is 5.92 Å². The molecule has 0 aromatic carbocycles. The molecule has 3 N–H and O–H groups in total. The number of hydrogen-bond donors (Lipinski definition) is 2. The molecule has 2 aliphatic rings. The number of aromatic nitrogens is 4. The minimum Gasteiger partial charge on any atom is -0.394 e. The molecule has 0 radical (unpaired) electrons. The lowest BCUT2D eigenvalue weighted by Crippen LogP contribution is -2.42. The zero-order valence-electron chi connectivity index (χ0n) is 13.2. The van der Waals surface area contributed by atoms with Crippen LogP contribution in [0.2, 0.25) is 0 Å². The summed E-state index contributed by atoms with van der Waals surface area (Å²) in [7, 11) is 0. The van der Waals surface area contributed by atoms with Gasteiger partial charge in [-0.05, 0) is 25.7 Å². The molecule has 1 aliphatic carbocycles. The Bertz CT molecular complexity index is 697. The monoisotopic (exact) mass is 317 g/mol. The highest BCUT2D eigenvalue weighted by Gasteiger charge is 2.48. The molecule has 0 bridgehead atoms. The first-order chi connectivity index (χ1) is 11.2. The number of ether oxygens (including phenoxy) is 1. The summed E-state index contributed by atoms with van der Waals surface area (Å²) in [4.78, 5) is 12.9. The van der Waals surface area contributed by atoms with Crippen molar-refractivity contribution in [3.63, 3.8) is 0 Å². The van der Waals surface area contributed by atoms with Crippen LogP contribution in [0.5, 0.6) is 0 Å². The van der Waals surface area contributed by atoms with Gasteiger partial charge < -0.3 is 15.6 Å². The molecule has 2 fully saturated rings. The van der Waals surface area contributed by atoms with E-state index in [9.17, 15) is 5.11 Å². The number of imidazole rings is 1. The highest BCUT2D eigenvalue weighted by Crippen LogP contribution is 2.47. The molecule has 1 saturated carbocycles. The third kappa shape index (κ3) is 2.30. The van der Waals surface area contributed by atoms with Gasteiger partial charge in [0, 0.05) is 5.92 Å². The van der Waals surface area contributed by atoms with E-state index in [0.717, 1.165) is 31.3 Å². The SMILES string of the molecule is Nc1ncnc2c1ncn2[C@@]1(C2CCCCC2)CC[C@@H](CO)O1. The molecule has 1 aliphatic heterocycles. The first-order valence-electron chi connectivity index (χ1n) is 8.47. The summed E-state index contributed by atoms with van der Waals surface area (Å²) < 4.78 is 8.45. The van der Waals surface area contributed by atoms with Gasteiger partial charge in [-0.3, -0.25) is 4.57 Å². The van der Waals surface area contributed by atoms with E-state index in [2.05, 4.69) is 15.0 Å². The van der Waals surface area contributed by atoms with Crippen molar-refractivity contribution < 1.29 is 9.84 Å². The number of fused-ring (bicyclic) bond motifs is 1. The average molecular weight is 317 g/mol. The quantitative estimate of drug-likeness (QED) is 0.895. The van der Waals surface area contributed by atoms with Crippen LogP contribution in [0.1, 0.15) is 44.9 Å². The molecule has 4 rings (SSSR count). The van der Waals surface area contributed by atoms with Gasteiger partial charge in [-0.15, -0.1) is 0 Å². The summed E-state index contributed by atoms with van der Waals surface area (Å²) in [5, 5.41) is 9.56. The van der Waals surface area contributed by atoms with Gasteiger partial charge in [0.25, 0.3) is 0 Å². The van der Waals surface area contributed by atoms with Crippen molar-refractivity contribution in [1.82, 2.24) is 19.5 Å². The fourth-order valence-electron chi connectivity index (χ4n) is 4.26. The van der Waals surface area contributed by atoms with Gasteiger partial charge in [0.2, 0.25) is 0 Å². The number of nitrogen functional groups attached to an aromatic ring is 1. The van der Waals surface area contributed by atoms with Crippen LogP contribution in [0.25, 0.3) is 11.2 Å². The lowest BCUT2D eigenvalue weighted by atomic mass is 9.80. The van der Waals surface area contributed by atoms with E-state index in [4.69, 9.17) is 10.5 Å². The van der Waals surface area contributed by atoms with E-state index in [1.54, 1.807) is 6.33 Å². The van der Waals surface area contributed by atoms with E-state index in [1.165, 1.54) is 25.6 Å². The number of anilines is 1. The summed E-state index contributed by atoms with van der Waals surface area (Å²) in [6, 6.07) is 0. The fraction of sp³-hybridized carbons (Fsp3) is 0.688. The molecule has 23 heavy (non-hydrogen) atoms. The second-order valence-corrected chi connectivity index (χ2v) is 6.69. The summed E-state index contributed by atoms with van der Waals surface area (Å²) in [5.74, 6) is 0.811. The van der Waals surface area contributed by atoms with Gasteiger partial charge >= 0.3 is 0 Å². The highest BCUT2D eigenvalue weighted by atomic mass is 16.5. The van der Waals surface area contributed by atoms with Crippen molar-refractivity contribution in [3.8, 4) is 0 Å². The molecule has 0 spiro atoms. The standard InChI is InChI=1S/C16H23N5O2/c17-14-13-15(19-9-18-14)21(10-20-13)16(7-6-12(8-22)23-16)11-4-2-1-3-5-11/h9-12,22H,1-8H2,(H2,17,18,19)/t12-,16-/m0/s1. The van der Waals surface area contributed by atoms with Crippen molar-refractivity contribution in [1.29, 1.82) is 0 Å². The zero-order valence-corrected chi connectivity index (χ0v) is 13.2. The molecule has 3 heterocycles. The smallest absolute Gasteiger partial charge is 0.167 e. The Labute approximate surface area is 134 Å².